The maximum absolute atomic E-state index is 8.57. The van der Waals surface area contributed by atoms with Gasteiger partial charge in [-0.1, -0.05) is 12.1 Å². The highest BCUT2D eigenvalue weighted by Crippen LogP contribution is 1.96. The Kier molecular flexibility index (Phi) is 3.69. The molecule has 68 valence electrons. The zero-order chi connectivity index (χ0) is 8.81. The third kappa shape index (κ3) is 2.60. The largest absolute Gasteiger partial charge is 0.396 e. The molecule has 1 rings (SSSR count). The normalized spacial score (nSPS) is 10.5. The number of hydrogen-bond acceptors (Lipinski definition) is 5. The van der Waals surface area contributed by atoms with E-state index in [1.807, 2.05) is 6.92 Å². The standard InChI is InChI=1S/C7H13N3O2/c1-2-8-5-7-9-6(3-4-11)10-12-7/h8,11H,2-5H2,1H3. The van der Waals surface area contributed by atoms with Crippen LogP contribution >= 0.6 is 0 Å². The summed E-state index contributed by atoms with van der Waals surface area (Å²) in [6.45, 7) is 3.53. The van der Waals surface area contributed by atoms with E-state index in [4.69, 9.17) is 9.63 Å². The second-order valence-corrected chi connectivity index (χ2v) is 2.36. The molecular formula is C7H13N3O2. The van der Waals surface area contributed by atoms with Gasteiger partial charge in [-0.2, -0.15) is 4.98 Å². The average Bonchev–Trinajstić information content (AvgIpc) is 2.50. The van der Waals surface area contributed by atoms with Crippen molar-refractivity contribution in [2.75, 3.05) is 13.2 Å². The molecule has 0 saturated heterocycles. The van der Waals surface area contributed by atoms with Crippen molar-refractivity contribution in [2.24, 2.45) is 0 Å². The number of aliphatic hydroxyl groups excluding tert-OH is 1. The molecule has 0 aliphatic heterocycles. The smallest absolute Gasteiger partial charge is 0.240 e. The van der Waals surface area contributed by atoms with Crippen molar-refractivity contribution in [3.05, 3.63) is 11.7 Å². The molecule has 0 fully saturated rings. The molecule has 0 spiro atoms. The molecule has 0 atom stereocenters. The van der Waals surface area contributed by atoms with E-state index in [-0.39, 0.29) is 6.61 Å². The van der Waals surface area contributed by atoms with Gasteiger partial charge in [0.2, 0.25) is 5.89 Å². The molecule has 0 bridgehead atoms. The van der Waals surface area contributed by atoms with Gasteiger partial charge in [-0.3, -0.25) is 0 Å². The van der Waals surface area contributed by atoms with Gasteiger partial charge in [-0.05, 0) is 6.54 Å². The second kappa shape index (κ2) is 4.84. The summed E-state index contributed by atoms with van der Waals surface area (Å²) in [6, 6.07) is 0. The van der Waals surface area contributed by atoms with E-state index in [9.17, 15) is 0 Å². The minimum Gasteiger partial charge on any atom is -0.396 e. The molecule has 1 aromatic rings. The van der Waals surface area contributed by atoms with Crippen LogP contribution in [0.25, 0.3) is 0 Å². The van der Waals surface area contributed by atoms with Crippen LogP contribution in [0.4, 0.5) is 0 Å². The van der Waals surface area contributed by atoms with Crippen LogP contribution in [0.3, 0.4) is 0 Å². The lowest BCUT2D eigenvalue weighted by Crippen LogP contribution is -2.11. The minimum atomic E-state index is 0.0557. The van der Waals surface area contributed by atoms with E-state index < -0.39 is 0 Å². The van der Waals surface area contributed by atoms with Crippen molar-refractivity contribution in [1.29, 1.82) is 0 Å². The third-order valence-corrected chi connectivity index (χ3v) is 1.37. The maximum Gasteiger partial charge on any atom is 0.240 e. The Labute approximate surface area is 70.8 Å². The summed E-state index contributed by atoms with van der Waals surface area (Å²) in [5.41, 5.74) is 0. The van der Waals surface area contributed by atoms with Gasteiger partial charge in [0.1, 0.15) is 0 Å². The Morgan fingerprint density at radius 2 is 2.42 bits per heavy atom. The first-order chi connectivity index (χ1) is 5.86. The lowest BCUT2D eigenvalue weighted by atomic mass is 10.4. The van der Waals surface area contributed by atoms with Gasteiger partial charge in [0.05, 0.1) is 13.2 Å². The predicted octanol–water partition coefficient (Wildman–Crippen LogP) is -0.286. The molecule has 0 aliphatic carbocycles. The topological polar surface area (TPSA) is 71.2 Å². The molecular weight excluding hydrogens is 158 g/mol. The average molecular weight is 171 g/mol. The van der Waals surface area contributed by atoms with Gasteiger partial charge in [0.25, 0.3) is 0 Å². The lowest BCUT2D eigenvalue weighted by Gasteiger charge is -1.92. The Hall–Kier alpha value is -0.940. The molecule has 2 N–H and O–H groups in total. The fourth-order valence-electron chi connectivity index (χ4n) is 0.795. The van der Waals surface area contributed by atoms with E-state index in [2.05, 4.69) is 15.5 Å². The van der Waals surface area contributed by atoms with Gasteiger partial charge in [-0.25, -0.2) is 0 Å². The van der Waals surface area contributed by atoms with Crippen molar-refractivity contribution in [1.82, 2.24) is 15.5 Å². The zero-order valence-corrected chi connectivity index (χ0v) is 7.08. The first-order valence-corrected chi connectivity index (χ1v) is 4.00. The summed E-state index contributed by atoms with van der Waals surface area (Å²) < 4.78 is 4.88. The number of aliphatic hydroxyl groups is 1. The summed E-state index contributed by atoms with van der Waals surface area (Å²) >= 11 is 0. The van der Waals surface area contributed by atoms with Crippen LogP contribution in [0, 0.1) is 0 Å². The van der Waals surface area contributed by atoms with Gasteiger partial charge < -0.3 is 14.9 Å². The first-order valence-electron chi connectivity index (χ1n) is 4.00. The Bertz CT molecular complexity index is 224. The fourth-order valence-corrected chi connectivity index (χ4v) is 0.795. The lowest BCUT2D eigenvalue weighted by molar-refractivity contribution is 0.292. The number of nitrogens with one attached hydrogen (secondary N) is 1. The van der Waals surface area contributed by atoms with Crippen molar-refractivity contribution in [3.63, 3.8) is 0 Å². The number of nitrogens with zero attached hydrogens (tertiary/aromatic N) is 2. The minimum absolute atomic E-state index is 0.0557. The first kappa shape index (κ1) is 9.15. The van der Waals surface area contributed by atoms with Crippen molar-refractivity contribution < 1.29 is 9.63 Å². The molecule has 0 unspecified atom stereocenters. The van der Waals surface area contributed by atoms with Crippen LogP contribution in [-0.2, 0) is 13.0 Å². The SMILES string of the molecule is CCNCc1nc(CCO)no1. The van der Waals surface area contributed by atoms with E-state index in [0.29, 0.717) is 24.7 Å². The summed E-state index contributed by atoms with van der Waals surface area (Å²) in [4.78, 5) is 4.04. The molecule has 0 amide bonds. The predicted molar refractivity (Wildman–Crippen MR) is 42.5 cm³/mol. The maximum atomic E-state index is 8.57. The molecule has 1 heterocycles. The van der Waals surface area contributed by atoms with Crippen molar-refractivity contribution in [2.45, 2.75) is 19.9 Å². The molecule has 5 nitrogen and oxygen atoms in total. The summed E-state index contributed by atoms with van der Waals surface area (Å²) in [5.74, 6) is 1.13. The fraction of sp³-hybridized carbons (Fsp3) is 0.714. The van der Waals surface area contributed by atoms with Crippen molar-refractivity contribution >= 4 is 0 Å². The molecule has 0 saturated carbocycles. The summed E-state index contributed by atoms with van der Waals surface area (Å²) in [5, 5.41) is 15.3. The van der Waals surface area contributed by atoms with Crippen LogP contribution in [-0.4, -0.2) is 28.4 Å². The highest BCUT2D eigenvalue weighted by molar-refractivity contribution is 4.85. The molecule has 0 radical (unpaired) electrons. The molecule has 1 aromatic heterocycles. The van der Waals surface area contributed by atoms with Crippen LogP contribution in [0.5, 0.6) is 0 Å². The number of hydrogen-bond donors (Lipinski definition) is 2. The van der Waals surface area contributed by atoms with E-state index >= 15 is 0 Å². The molecule has 12 heavy (non-hydrogen) atoms. The van der Waals surface area contributed by atoms with Crippen LogP contribution < -0.4 is 5.32 Å². The van der Waals surface area contributed by atoms with Gasteiger partial charge >= 0.3 is 0 Å². The van der Waals surface area contributed by atoms with Crippen molar-refractivity contribution in [3.8, 4) is 0 Å². The molecule has 0 aliphatic rings. The van der Waals surface area contributed by atoms with E-state index in [1.54, 1.807) is 0 Å². The number of aromatic nitrogens is 2. The highest BCUT2D eigenvalue weighted by atomic mass is 16.5. The third-order valence-electron chi connectivity index (χ3n) is 1.37. The molecule has 5 heteroatoms. The van der Waals surface area contributed by atoms with E-state index in [0.717, 1.165) is 6.54 Å². The summed E-state index contributed by atoms with van der Waals surface area (Å²) in [7, 11) is 0. The zero-order valence-electron chi connectivity index (χ0n) is 7.08. The second-order valence-electron chi connectivity index (χ2n) is 2.36. The van der Waals surface area contributed by atoms with Crippen LogP contribution in [0.15, 0.2) is 4.52 Å². The Morgan fingerprint density at radius 3 is 3.08 bits per heavy atom. The monoisotopic (exact) mass is 171 g/mol. The van der Waals surface area contributed by atoms with Gasteiger partial charge in [0.15, 0.2) is 5.82 Å². The van der Waals surface area contributed by atoms with Gasteiger partial charge in [-0.15, -0.1) is 0 Å². The Balaban J connectivity index is 2.41. The van der Waals surface area contributed by atoms with Gasteiger partial charge in [0, 0.05) is 6.42 Å². The number of rotatable bonds is 5. The highest BCUT2D eigenvalue weighted by Gasteiger charge is 2.03. The quantitative estimate of drug-likeness (QED) is 0.637. The Morgan fingerprint density at radius 1 is 1.58 bits per heavy atom. The van der Waals surface area contributed by atoms with Crippen LogP contribution in [0.1, 0.15) is 18.6 Å². The van der Waals surface area contributed by atoms with E-state index in [1.165, 1.54) is 0 Å². The molecule has 0 aromatic carbocycles. The van der Waals surface area contributed by atoms with Crippen LogP contribution in [0.2, 0.25) is 0 Å². The summed E-state index contributed by atoms with van der Waals surface area (Å²) in [6.07, 6.45) is 0.454.